The number of nitrogens with one attached hydrogen (secondary N) is 2. The molecule has 3 heterocycles. The maximum absolute atomic E-state index is 15.1. The monoisotopic (exact) mass is 414 g/mol. The van der Waals surface area contributed by atoms with E-state index in [1.54, 1.807) is 30.6 Å². The average Bonchev–Trinajstić information content (AvgIpc) is 3.13. The molecular weight excluding hydrogens is 391 g/mol. The molecule has 2 aliphatic heterocycles. The van der Waals surface area contributed by atoms with Crippen LogP contribution in [0.3, 0.4) is 0 Å². The fraction of sp³-hybridized carbons (Fsp3) is 0.400. The van der Waals surface area contributed by atoms with Gasteiger partial charge in [-0.15, -0.1) is 0 Å². The van der Waals surface area contributed by atoms with E-state index in [-0.39, 0.29) is 25.0 Å². The number of amides is 2. The van der Waals surface area contributed by atoms with Crippen LogP contribution >= 0.6 is 0 Å². The number of carbonyl (C=O) groups is 2. The molecule has 2 N–H and O–H groups in total. The molecule has 1 aromatic carbocycles. The Kier molecular flexibility index (Phi) is 5.75. The van der Waals surface area contributed by atoms with Crippen molar-refractivity contribution in [1.29, 1.82) is 0 Å². The second-order valence-electron chi connectivity index (χ2n) is 7.21. The van der Waals surface area contributed by atoms with Crippen molar-refractivity contribution in [3.05, 3.63) is 48.3 Å². The van der Waals surface area contributed by atoms with E-state index in [9.17, 15) is 9.59 Å². The van der Waals surface area contributed by atoms with Crippen LogP contribution in [-0.4, -0.2) is 60.8 Å². The van der Waals surface area contributed by atoms with E-state index < -0.39 is 18.0 Å². The van der Waals surface area contributed by atoms with Crippen molar-refractivity contribution in [3.63, 3.8) is 0 Å². The lowest BCUT2D eigenvalue weighted by Crippen LogP contribution is -2.47. The highest BCUT2D eigenvalue weighted by Gasteiger charge is 2.33. The number of anilines is 2. The number of carbonyl (C=O) groups excluding carboxylic acids is 2. The fourth-order valence-electron chi connectivity index (χ4n) is 3.70. The van der Waals surface area contributed by atoms with Crippen LogP contribution in [0.5, 0.6) is 0 Å². The van der Waals surface area contributed by atoms with Crippen molar-refractivity contribution < 1.29 is 18.7 Å². The van der Waals surface area contributed by atoms with Gasteiger partial charge in [0, 0.05) is 39.0 Å². The van der Waals surface area contributed by atoms with Crippen LogP contribution < -0.4 is 20.4 Å². The van der Waals surface area contributed by atoms with Crippen molar-refractivity contribution in [2.45, 2.75) is 19.1 Å². The van der Waals surface area contributed by atoms with E-state index in [4.69, 9.17) is 4.74 Å². The first-order valence-corrected chi connectivity index (χ1v) is 9.79. The molecule has 30 heavy (non-hydrogen) atoms. The van der Waals surface area contributed by atoms with Crippen LogP contribution in [0.15, 0.2) is 36.7 Å². The summed E-state index contributed by atoms with van der Waals surface area (Å²) in [5.74, 6) is -0.0154. The zero-order valence-corrected chi connectivity index (χ0v) is 16.5. The minimum Gasteiger partial charge on any atom is -0.442 e. The maximum Gasteiger partial charge on any atom is 0.414 e. The summed E-state index contributed by atoms with van der Waals surface area (Å²) in [4.78, 5) is 35.2. The fourth-order valence-corrected chi connectivity index (χ4v) is 3.70. The van der Waals surface area contributed by atoms with E-state index in [0.29, 0.717) is 36.8 Å². The predicted octanol–water partition coefficient (Wildman–Crippen LogP) is 1.23. The molecular formula is C20H23FN6O3. The van der Waals surface area contributed by atoms with Gasteiger partial charge in [0.15, 0.2) is 5.82 Å². The Morgan fingerprint density at radius 3 is 2.90 bits per heavy atom. The zero-order chi connectivity index (χ0) is 21.1. The molecule has 158 valence electrons. The molecule has 4 rings (SSSR count). The summed E-state index contributed by atoms with van der Waals surface area (Å²) in [6, 6.07) is 6.25. The second-order valence-corrected chi connectivity index (χ2v) is 7.21. The Balaban J connectivity index is 1.53. The molecule has 2 atom stereocenters. The Morgan fingerprint density at radius 2 is 2.17 bits per heavy atom. The van der Waals surface area contributed by atoms with Crippen LogP contribution in [-0.2, 0) is 9.53 Å². The highest BCUT2D eigenvalue weighted by atomic mass is 19.1. The van der Waals surface area contributed by atoms with Gasteiger partial charge < -0.3 is 20.3 Å². The normalized spacial score (nSPS) is 21.5. The van der Waals surface area contributed by atoms with Crippen molar-refractivity contribution in [1.82, 2.24) is 20.6 Å². The lowest BCUT2D eigenvalue weighted by Gasteiger charge is -2.37. The summed E-state index contributed by atoms with van der Waals surface area (Å²) in [5, 5.41) is 5.92. The molecule has 9 nitrogen and oxygen atoms in total. The molecule has 0 spiro atoms. The van der Waals surface area contributed by atoms with E-state index in [2.05, 4.69) is 20.6 Å². The summed E-state index contributed by atoms with van der Waals surface area (Å²) in [6.07, 6.45) is 2.31. The number of halogens is 1. The van der Waals surface area contributed by atoms with Crippen LogP contribution in [0.25, 0.3) is 0 Å². The van der Waals surface area contributed by atoms with E-state index >= 15 is 4.39 Å². The summed E-state index contributed by atoms with van der Waals surface area (Å²) >= 11 is 0. The molecule has 0 radical (unpaired) electrons. The largest absolute Gasteiger partial charge is 0.442 e. The van der Waals surface area contributed by atoms with Gasteiger partial charge in [-0.05, 0) is 24.3 Å². The summed E-state index contributed by atoms with van der Waals surface area (Å²) < 4.78 is 20.4. The van der Waals surface area contributed by atoms with Gasteiger partial charge in [-0.3, -0.25) is 9.69 Å². The first kappa shape index (κ1) is 20.0. The van der Waals surface area contributed by atoms with Crippen molar-refractivity contribution in [2.75, 3.05) is 42.5 Å². The first-order chi connectivity index (χ1) is 14.5. The first-order valence-electron chi connectivity index (χ1n) is 9.79. The van der Waals surface area contributed by atoms with Crippen molar-refractivity contribution in [2.24, 2.45) is 0 Å². The molecule has 2 fully saturated rings. The summed E-state index contributed by atoms with van der Waals surface area (Å²) in [6.45, 7) is 3.78. The van der Waals surface area contributed by atoms with Gasteiger partial charge >= 0.3 is 6.09 Å². The van der Waals surface area contributed by atoms with Gasteiger partial charge in [0.05, 0.1) is 24.5 Å². The SMILES string of the molecule is CC(=O)NC[C@H]1CN(c2ccc(N3CCNCC3c3ncccn3)c(F)c2)C(=O)O1. The van der Waals surface area contributed by atoms with E-state index in [0.717, 1.165) is 0 Å². The van der Waals surface area contributed by atoms with E-state index in [1.165, 1.54) is 17.9 Å². The summed E-state index contributed by atoms with van der Waals surface area (Å²) in [7, 11) is 0. The van der Waals surface area contributed by atoms with Gasteiger partial charge in [0.1, 0.15) is 18.0 Å². The third kappa shape index (κ3) is 4.18. The molecule has 10 heteroatoms. The molecule has 0 bridgehead atoms. The lowest BCUT2D eigenvalue weighted by molar-refractivity contribution is -0.119. The van der Waals surface area contributed by atoms with Gasteiger partial charge in [-0.1, -0.05) is 0 Å². The number of benzene rings is 1. The van der Waals surface area contributed by atoms with Gasteiger partial charge in [-0.2, -0.15) is 0 Å². The maximum atomic E-state index is 15.1. The van der Waals surface area contributed by atoms with Crippen molar-refractivity contribution >= 4 is 23.4 Å². The quantitative estimate of drug-likeness (QED) is 0.759. The number of nitrogens with zero attached hydrogens (tertiary/aromatic N) is 4. The van der Waals surface area contributed by atoms with Gasteiger partial charge in [0.2, 0.25) is 5.91 Å². The Bertz CT molecular complexity index is 928. The third-order valence-corrected chi connectivity index (χ3v) is 5.13. The van der Waals surface area contributed by atoms with Crippen LogP contribution in [0, 0.1) is 5.82 Å². The highest BCUT2D eigenvalue weighted by Crippen LogP contribution is 2.32. The molecule has 0 aliphatic carbocycles. The predicted molar refractivity (Wildman–Crippen MR) is 108 cm³/mol. The third-order valence-electron chi connectivity index (χ3n) is 5.13. The van der Waals surface area contributed by atoms with E-state index in [1.807, 2.05) is 4.90 Å². The zero-order valence-electron chi connectivity index (χ0n) is 16.5. The number of rotatable bonds is 5. The standard InChI is InChI=1S/C20H23FN6O3/c1-13(28)25-10-15-12-27(20(29)30-15)14-3-4-17(16(21)9-14)26-8-7-22-11-18(26)19-23-5-2-6-24-19/h2-6,9,15,18,22H,7-8,10-12H2,1H3,(H,25,28)/t15-,18?/m0/s1. The molecule has 2 aliphatic rings. The molecule has 2 aromatic rings. The number of piperazine rings is 1. The number of cyclic esters (lactones) is 1. The van der Waals surface area contributed by atoms with Gasteiger partial charge in [-0.25, -0.2) is 19.2 Å². The minimum absolute atomic E-state index is 0.195. The number of hydrogen-bond donors (Lipinski definition) is 2. The smallest absolute Gasteiger partial charge is 0.414 e. The van der Waals surface area contributed by atoms with Crippen LogP contribution in [0.1, 0.15) is 18.8 Å². The Hall–Kier alpha value is -3.27. The average molecular weight is 414 g/mol. The Morgan fingerprint density at radius 1 is 1.37 bits per heavy atom. The number of hydrogen-bond acceptors (Lipinski definition) is 7. The second kappa shape index (κ2) is 8.62. The topological polar surface area (TPSA) is 99.7 Å². The molecule has 2 amide bonds. The minimum atomic E-state index is -0.560. The number of aromatic nitrogens is 2. The van der Waals surface area contributed by atoms with Crippen LogP contribution in [0.2, 0.25) is 0 Å². The highest BCUT2D eigenvalue weighted by molar-refractivity contribution is 5.90. The lowest BCUT2D eigenvalue weighted by atomic mass is 10.1. The molecule has 0 saturated carbocycles. The van der Waals surface area contributed by atoms with Crippen molar-refractivity contribution in [3.8, 4) is 0 Å². The van der Waals surface area contributed by atoms with Crippen LogP contribution in [0.4, 0.5) is 20.6 Å². The number of ether oxygens (including phenoxy) is 1. The molecule has 1 unspecified atom stereocenters. The molecule has 1 aromatic heterocycles. The Labute approximate surface area is 173 Å². The molecule has 2 saturated heterocycles. The van der Waals surface area contributed by atoms with Gasteiger partial charge in [0.25, 0.3) is 0 Å². The summed E-state index contributed by atoms with van der Waals surface area (Å²) in [5.41, 5.74) is 0.842.